The first-order valence-electron chi connectivity index (χ1n) is 9.46. The molecule has 150 valence electrons. The van der Waals surface area contributed by atoms with E-state index in [0.29, 0.717) is 18.0 Å². The fourth-order valence-corrected chi connectivity index (χ4v) is 3.94. The van der Waals surface area contributed by atoms with Crippen molar-refractivity contribution in [3.05, 3.63) is 71.9 Å². The number of nitrogens with one attached hydrogen (secondary N) is 1. The molecule has 0 saturated carbocycles. The highest BCUT2D eigenvalue weighted by atomic mass is 32.2. The fraction of sp³-hybridized carbons (Fsp3) is 0.286. The minimum Gasteiger partial charge on any atom is -0.455 e. The van der Waals surface area contributed by atoms with Crippen LogP contribution in [0.25, 0.3) is 0 Å². The molecular weight excluding hydrogens is 386 g/mol. The van der Waals surface area contributed by atoms with Gasteiger partial charge in [0.05, 0.1) is 18.3 Å². The van der Waals surface area contributed by atoms with Crippen LogP contribution in [-0.2, 0) is 19.3 Å². The van der Waals surface area contributed by atoms with Gasteiger partial charge in [-0.1, -0.05) is 42.1 Å². The lowest BCUT2D eigenvalue weighted by molar-refractivity contribution is 0.0948. The van der Waals surface area contributed by atoms with Crippen molar-refractivity contribution in [3.8, 4) is 0 Å². The number of hydrazone groups is 1. The van der Waals surface area contributed by atoms with E-state index < -0.39 is 0 Å². The van der Waals surface area contributed by atoms with E-state index in [4.69, 9.17) is 4.42 Å². The molecule has 0 bridgehead atoms. The zero-order chi connectivity index (χ0) is 20.2. The molecule has 29 heavy (non-hydrogen) atoms. The van der Waals surface area contributed by atoms with Crippen molar-refractivity contribution < 1.29 is 9.21 Å². The number of rotatable bonds is 6. The molecule has 0 fully saturated rings. The molecule has 3 heterocycles. The average molecular weight is 410 g/mol. The summed E-state index contributed by atoms with van der Waals surface area (Å²) in [7, 11) is 1.95. The number of aryl methyl sites for hydroxylation is 1. The van der Waals surface area contributed by atoms with E-state index in [0.717, 1.165) is 17.5 Å². The first-order chi connectivity index (χ1) is 14.1. The van der Waals surface area contributed by atoms with Crippen LogP contribution in [-0.4, -0.2) is 32.3 Å². The van der Waals surface area contributed by atoms with Crippen molar-refractivity contribution in [2.75, 3.05) is 0 Å². The number of hydrogen-bond donors (Lipinski definition) is 1. The fourth-order valence-electron chi connectivity index (χ4n) is 3.11. The summed E-state index contributed by atoms with van der Waals surface area (Å²) in [5, 5.41) is 10.4. The van der Waals surface area contributed by atoms with Crippen molar-refractivity contribution in [2.45, 2.75) is 36.8 Å². The van der Waals surface area contributed by atoms with E-state index in [-0.39, 0.29) is 17.7 Å². The van der Waals surface area contributed by atoms with Gasteiger partial charge in [0.15, 0.2) is 10.9 Å². The second-order valence-electron chi connectivity index (χ2n) is 7.01. The van der Waals surface area contributed by atoms with Crippen molar-refractivity contribution in [2.24, 2.45) is 12.1 Å². The summed E-state index contributed by atoms with van der Waals surface area (Å²) in [6, 6.07) is 13.9. The molecule has 8 heteroatoms. The lowest BCUT2D eigenvalue weighted by atomic mass is 10.2. The molecule has 0 aliphatic carbocycles. The van der Waals surface area contributed by atoms with E-state index in [1.54, 1.807) is 24.0 Å². The van der Waals surface area contributed by atoms with Gasteiger partial charge in [-0.2, -0.15) is 5.10 Å². The lowest BCUT2D eigenvalue weighted by Crippen LogP contribution is -2.29. The number of furan rings is 1. The zero-order valence-electron chi connectivity index (χ0n) is 16.4. The van der Waals surface area contributed by atoms with Crippen LogP contribution >= 0.6 is 11.8 Å². The Morgan fingerprint density at radius 2 is 2.10 bits per heavy atom. The average Bonchev–Trinajstić information content (AvgIpc) is 3.42. The van der Waals surface area contributed by atoms with E-state index in [9.17, 15) is 4.79 Å². The SMILES string of the molecule is C[C@H]1CC(NC(=O)c2ccc(CSc3nccn3C)o2)=NN1Cc1ccccc1. The molecule has 1 aliphatic rings. The predicted molar refractivity (Wildman–Crippen MR) is 112 cm³/mol. The molecule has 1 aliphatic heterocycles. The normalized spacial score (nSPS) is 16.1. The molecule has 2 aromatic heterocycles. The molecule has 3 aromatic rings. The molecule has 0 radical (unpaired) electrons. The number of thioether (sulfide) groups is 1. The Labute approximate surface area is 173 Å². The van der Waals surface area contributed by atoms with Crippen molar-refractivity contribution in [3.63, 3.8) is 0 Å². The third-order valence-electron chi connectivity index (χ3n) is 4.70. The first-order valence-corrected chi connectivity index (χ1v) is 10.5. The summed E-state index contributed by atoms with van der Waals surface area (Å²) in [5.41, 5.74) is 1.19. The van der Waals surface area contributed by atoms with Gasteiger partial charge in [0.2, 0.25) is 0 Å². The number of benzene rings is 1. The highest BCUT2D eigenvalue weighted by Crippen LogP contribution is 2.22. The molecule has 1 atom stereocenters. The summed E-state index contributed by atoms with van der Waals surface area (Å²) < 4.78 is 7.65. The smallest absolute Gasteiger partial charge is 0.292 e. The minimum absolute atomic E-state index is 0.229. The maximum absolute atomic E-state index is 12.5. The number of nitrogens with zero attached hydrogens (tertiary/aromatic N) is 4. The number of carbonyl (C=O) groups is 1. The first kappa shape index (κ1) is 19.3. The van der Waals surface area contributed by atoms with Gasteiger partial charge in [-0.05, 0) is 24.6 Å². The molecule has 1 N–H and O–H groups in total. The largest absolute Gasteiger partial charge is 0.455 e. The summed E-state index contributed by atoms with van der Waals surface area (Å²) in [5.74, 6) is 2.03. The van der Waals surface area contributed by atoms with Gasteiger partial charge in [0.25, 0.3) is 5.91 Å². The zero-order valence-corrected chi connectivity index (χ0v) is 17.2. The Kier molecular flexibility index (Phi) is 5.71. The van der Waals surface area contributed by atoms with Crippen LogP contribution < -0.4 is 5.32 Å². The highest BCUT2D eigenvalue weighted by Gasteiger charge is 2.25. The van der Waals surface area contributed by atoms with E-state index in [2.05, 4.69) is 34.5 Å². The third-order valence-corrected chi connectivity index (χ3v) is 5.78. The molecule has 7 nitrogen and oxygen atoms in total. The van der Waals surface area contributed by atoms with Crippen molar-refractivity contribution in [1.29, 1.82) is 0 Å². The van der Waals surface area contributed by atoms with Crippen LogP contribution in [0.5, 0.6) is 0 Å². The Balaban J connectivity index is 1.34. The molecule has 0 spiro atoms. The number of aromatic nitrogens is 2. The van der Waals surface area contributed by atoms with E-state index in [1.807, 2.05) is 47.1 Å². The summed E-state index contributed by atoms with van der Waals surface area (Å²) in [6.07, 6.45) is 4.35. The van der Waals surface area contributed by atoms with Crippen molar-refractivity contribution >= 4 is 23.5 Å². The van der Waals surface area contributed by atoms with Crippen LogP contribution in [0.15, 0.2) is 69.5 Å². The van der Waals surface area contributed by atoms with Gasteiger partial charge in [0, 0.05) is 25.9 Å². The molecule has 1 aromatic carbocycles. The van der Waals surface area contributed by atoms with Crippen LogP contribution in [0.3, 0.4) is 0 Å². The molecule has 0 saturated heterocycles. The Morgan fingerprint density at radius 1 is 1.28 bits per heavy atom. The summed E-state index contributed by atoms with van der Waals surface area (Å²) in [6.45, 7) is 2.82. The maximum Gasteiger partial charge on any atom is 0.292 e. The maximum atomic E-state index is 12.5. The van der Waals surface area contributed by atoms with Gasteiger partial charge in [-0.15, -0.1) is 0 Å². The van der Waals surface area contributed by atoms with Crippen LogP contribution in [0.1, 0.15) is 35.2 Å². The number of imidazole rings is 1. The van der Waals surface area contributed by atoms with Crippen molar-refractivity contribution in [1.82, 2.24) is 19.9 Å². The van der Waals surface area contributed by atoms with Gasteiger partial charge < -0.3 is 14.3 Å². The van der Waals surface area contributed by atoms with E-state index >= 15 is 0 Å². The summed E-state index contributed by atoms with van der Waals surface area (Å²) in [4.78, 5) is 16.8. The van der Waals surface area contributed by atoms with Crippen LogP contribution in [0, 0.1) is 0 Å². The minimum atomic E-state index is -0.272. The third kappa shape index (κ3) is 4.71. The topological polar surface area (TPSA) is 75.7 Å². The second kappa shape index (κ2) is 8.57. The van der Waals surface area contributed by atoms with E-state index in [1.165, 1.54) is 5.56 Å². The Hall–Kier alpha value is -3.00. The number of amides is 1. The van der Waals surface area contributed by atoms with Gasteiger partial charge in [-0.3, -0.25) is 9.80 Å². The lowest BCUT2D eigenvalue weighted by Gasteiger charge is -2.19. The number of carbonyl (C=O) groups excluding carboxylic acids is 1. The monoisotopic (exact) mass is 409 g/mol. The van der Waals surface area contributed by atoms with Crippen LogP contribution in [0.4, 0.5) is 0 Å². The Bertz CT molecular complexity index is 1010. The van der Waals surface area contributed by atoms with Gasteiger partial charge in [-0.25, -0.2) is 4.98 Å². The second-order valence-corrected chi connectivity index (χ2v) is 7.95. The van der Waals surface area contributed by atoms with Gasteiger partial charge >= 0.3 is 0 Å². The number of hydrogen-bond acceptors (Lipinski definition) is 6. The highest BCUT2D eigenvalue weighted by molar-refractivity contribution is 7.98. The van der Waals surface area contributed by atoms with Gasteiger partial charge in [0.1, 0.15) is 11.6 Å². The molecular formula is C21H23N5O2S. The molecule has 1 amide bonds. The predicted octanol–water partition coefficient (Wildman–Crippen LogP) is 3.64. The summed E-state index contributed by atoms with van der Waals surface area (Å²) >= 11 is 1.56. The molecule has 0 unspecified atom stereocenters. The quantitative estimate of drug-likeness (QED) is 0.629. The Morgan fingerprint density at radius 3 is 2.86 bits per heavy atom. The number of amidine groups is 1. The molecule has 4 rings (SSSR count). The standard InChI is InChI=1S/C21H23N5O2S/c1-15-12-19(24-26(15)13-16-6-4-3-5-7-16)23-20(27)18-9-8-17(28-18)14-29-21-22-10-11-25(21)2/h3-11,15H,12-14H2,1-2H3,(H,23,24,27)/t15-/m0/s1. The van der Waals surface area contributed by atoms with Crippen LogP contribution in [0.2, 0.25) is 0 Å².